The molecule has 1 amide bonds. The molecule has 0 bridgehead atoms. The number of imidazole rings is 1. The van der Waals surface area contributed by atoms with E-state index in [9.17, 15) is 9.90 Å². The van der Waals surface area contributed by atoms with Crippen molar-refractivity contribution in [3.63, 3.8) is 0 Å². The molecule has 0 atom stereocenters. The van der Waals surface area contributed by atoms with E-state index in [1.54, 1.807) is 4.40 Å². The van der Waals surface area contributed by atoms with Crippen molar-refractivity contribution in [1.82, 2.24) is 24.5 Å². The zero-order valence-corrected chi connectivity index (χ0v) is 16.4. The normalized spacial score (nSPS) is 16.4. The van der Waals surface area contributed by atoms with Crippen LogP contribution in [-0.4, -0.2) is 55.5 Å². The lowest BCUT2D eigenvalue weighted by Crippen LogP contribution is -2.54. The number of carbonyl (C=O) groups excluding carboxylic acids is 1. The van der Waals surface area contributed by atoms with Crippen LogP contribution in [0.4, 0.5) is 0 Å². The van der Waals surface area contributed by atoms with E-state index in [1.807, 2.05) is 50.0 Å². The number of amides is 1. The zero-order chi connectivity index (χ0) is 19.9. The van der Waals surface area contributed by atoms with E-state index in [4.69, 9.17) is 9.72 Å². The van der Waals surface area contributed by atoms with Crippen LogP contribution in [0.1, 0.15) is 34.8 Å². The Morgan fingerprint density at radius 2 is 2.07 bits per heavy atom. The topological polar surface area (TPSA) is 93.7 Å². The number of fused-ring (bicyclic) bond motifs is 1. The average Bonchev–Trinajstić information content (AvgIpc) is 3.19. The van der Waals surface area contributed by atoms with Crippen molar-refractivity contribution in [3.05, 3.63) is 41.6 Å². The van der Waals surface area contributed by atoms with E-state index in [2.05, 4.69) is 10.4 Å². The van der Waals surface area contributed by atoms with Crippen LogP contribution in [0.5, 0.6) is 0 Å². The molecule has 4 rings (SSSR count). The zero-order valence-electron chi connectivity index (χ0n) is 16.4. The van der Waals surface area contributed by atoms with Gasteiger partial charge < -0.3 is 15.2 Å². The highest BCUT2D eigenvalue weighted by atomic mass is 16.5. The van der Waals surface area contributed by atoms with Gasteiger partial charge in [0.25, 0.3) is 5.91 Å². The second-order valence-corrected chi connectivity index (χ2v) is 7.41. The molecule has 3 aromatic rings. The second-order valence-electron chi connectivity index (χ2n) is 7.41. The molecule has 2 N–H and O–H groups in total. The number of hydrogen-bond acceptors (Lipinski definition) is 5. The van der Waals surface area contributed by atoms with Gasteiger partial charge in [0.1, 0.15) is 5.69 Å². The number of ether oxygens (including phenoxy) is 1. The number of hydrogen-bond donors (Lipinski definition) is 2. The first-order valence-electron chi connectivity index (χ1n) is 9.44. The minimum absolute atomic E-state index is 0.126. The molecular formula is C20H25N5O3. The summed E-state index contributed by atoms with van der Waals surface area (Å²) in [7, 11) is 1.90. The number of nitrogens with zero attached hydrogens (tertiary/aromatic N) is 4. The molecule has 8 nitrogen and oxygen atoms in total. The molecular weight excluding hydrogens is 358 g/mol. The number of aliphatic hydroxyl groups is 1. The molecule has 1 aliphatic heterocycles. The second kappa shape index (κ2) is 7.03. The molecule has 0 spiro atoms. The maximum absolute atomic E-state index is 13.1. The van der Waals surface area contributed by atoms with Gasteiger partial charge in [-0.3, -0.25) is 13.9 Å². The Balaban J connectivity index is 1.79. The number of rotatable bonds is 4. The summed E-state index contributed by atoms with van der Waals surface area (Å²) >= 11 is 0. The average molecular weight is 383 g/mol. The highest BCUT2D eigenvalue weighted by Crippen LogP contribution is 2.30. The Kier molecular flexibility index (Phi) is 4.68. The summed E-state index contributed by atoms with van der Waals surface area (Å²) in [6, 6.07) is 5.74. The number of aromatic nitrogens is 4. The largest absolute Gasteiger partial charge is 0.394 e. The van der Waals surface area contributed by atoms with Gasteiger partial charge in [-0.05, 0) is 38.8 Å². The molecule has 0 unspecified atom stereocenters. The van der Waals surface area contributed by atoms with Crippen LogP contribution in [0, 0.1) is 13.8 Å². The van der Waals surface area contributed by atoms with E-state index in [1.165, 1.54) is 0 Å². The maximum atomic E-state index is 13.1. The van der Waals surface area contributed by atoms with Crippen molar-refractivity contribution < 1.29 is 14.6 Å². The van der Waals surface area contributed by atoms with Crippen LogP contribution in [0.15, 0.2) is 24.4 Å². The van der Waals surface area contributed by atoms with Crippen LogP contribution < -0.4 is 5.32 Å². The number of nitrogens with one attached hydrogen (secondary N) is 1. The predicted octanol–water partition coefficient (Wildman–Crippen LogP) is 1.62. The van der Waals surface area contributed by atoms with Gasteiger partial charge in [0, 0.05) is 37.7 Å². The third-order valence-corrected chi connectivity index (χ3v) is 5.63. The Labute approximate surface area is 163 Å². The summed E-state index contributed by atoms with van der Waals surface area (Å²) in [5.74, 6) is -0.00448. The molecule has 4 heterocycles. The monoisotopic (exact) mass is 383 g/mol. The van der Waals surface area contributed by atoms with Gasteiger partial charge in [-0.15, -0.1) is 0 Å². The van der Waals surface area contributed by atoms with Crippen molar-refractivity contribution in [2.75, 3.05) is 19.8 Å². The van der Waals surface area contributed by atoms with Gasteiger partial charge in [0.2, 0.25) is 5.82 Å². The van der Waals surface area contributed by atoms with Crippen LogP contribution in [0.3, 0.4) is 0 Å². The van der Waals surface area contributed by atoms with E-state index in [0.29, 0.717) is 31.9 Å². The number of pyridine rings is 1. The third-order valence-electron chi connectivity index (χ3n) is 5.63. The van der Waals surface area contributed by atoms with Crippen molar-refractivity contribution in [3.8, 4) is 11.3 Å². The van der Waals surface area contributed by atoms with E-state index in [-0.39, 0.29) is 12.5 Å². The molecule has 0 aliphatic carbocycles. The number of aryl methyl sites for hydroxylation is 2. The number of aliphatic hydroxyl groups excluding tert-OH is 1. The van der Waals surface area contributed by atoms with Gasteiger partial charge in [0.15, 0.2) is 0 Å². The first-order valence-corrected chi connectivity index (χ1v) is 9.44. The Bertz CT molecular complexity index is 1030. The molecule has 148 valence electrons. The molecule has 1 fully saturated rings. The molecule has 3 aromatic heterocycles. The standard InChI is InChI=1S/C20H25N5O3/c1-13-16(14(2)24(3)23-13)17-15-6-4-5-9-25(15)18(21-17)19(27)22-20(12-26)7-10-28-11-8-20/h4-6,9,26H,7-8,10-12H2,1-3H3,(H,22,27). The first kappa shape index (κ1) is 18.6. The molecule has 0 radical (unpaired) electrons. The summed E-state index contributed by atoms with van der Waals surface area (Å²) < 4.78 is 9.00. The van der Waals surface area contributed by atoms with Crippen molar-refractivity contribution >= 4 is 11.4 Å². The van der Waals surface area contributed by atoms with Crippen molar-refractivity contribution in [2.45, 2.75) is 32.2 Å². The lowest BCUT2D eigenvalue weighted by atomic mass is 9.91. The smallest absolute Gasteiger partial charge is 0.288 e. The van der Waals surface area contributed by atoms with Gasteiger partial charge in [0.05, 0.1) is 23.4 Å². The van der Waals surface area contributed by atoms with Gasteiger partial charge in [-0.1, -0.05) is 6.07 Å². The summed E-state index contributed by atoms with van der Waals surface area (Å²) in [6.07, 6.45) is 2.98. The molecule has 28 heavy (non-hydrogen) atoms. The Morgan fingerprint density at radius 1 is 1.32 bits per heavy atom. The quantitative estimate of drug-likeness (QED) is 0.714. The van der Waals surface area contributed by atoms with Gasteiger partial charge >= 0.3 is 0 Å². The van der Waals surface area contributed by atoms with E-state index < -0.39 is 5.54 Å². The number of carbonyl (C=O) groups is 1. The van der Waals surface area contributed by atoms with E-state index in [0.717, 1.165) is 28.2 Å². The van der Waals surface area contributed by atoms with Crippen LogP contribution >= 0.6 is 0 Å². The van der Waals surface area contributed by atoms with E-state index >= 15 is 0 Å². The molecule has 0 aromatic carbocycles. The SMILES string of the molecule is Cc1nn(C)c(C)c1-c1nc(C(=O)NC2(CO)CCOCC2)n2ccccc12. The fourth-order valence-electron chi connectivity index (χ4n) is 3.88. The molecule has 0 saturated carbocycles. The van der Waals surface area contributed by atoms with Crippen molar-refractivity contribution in [2.24, 2.45) is 7.05 Å². The van der Waals surface area contributed by atoms with Gasteiger partial charge in [-0.2, -0.15) is 5.10 Å². The maximum Gasteiger partial charge on any atom is 0.288 e. The summed E-state index contributed by atoms with van der Waals surface area (Å²) in [5, 5.41) is 17.4. The lowest BCUT2D eigenvalue weighted by Gasteiger charge is -2.36. The third kappa shape index (κ3) is 2.98. The Hall–Kier alpha value is -2.71. The molecule has 1 saturated heterocycles. The lowest BCUT2D eigenvalue weighted by molar-refractivity contribution is 0.0123. The van der Waals surface area contributed by atoms with Crippen LogP contribution in [0.2, 0.25) is 0 Å². The first-order chi connectivity index (χ1) is 13.5. The molecule has 1 aliphatic rings. The van der Waals surface area contributed by atoms with Gasteiger partial charge in [-0.25, -0.2) is 4.98 Å². The summed E-state index contributed by atoms with van der Waals surface area (Å²) in [5.41, 5.74) is 3.71. The highest BCUT2D eigenvalue weighted by molar-refractivity contribution is 5.95. The summed E-state index contributed by atoms with van der Waals surface area (Å²) in [6.45, 7) is 4.84. The molecule has 8 heteroatoms. The highest BCUT2D eigenvalue weighted by Gasteiger charge is 2.35. The predicted molar refractivity (Wildman–Crippen MR) is 104 cm³/mol. The fraction of sp³-hybridized carbons (Fsp3) is 0.450. The van der Waals surface area contributed by atoms with Crippen LogP contribution in [-0.2, 0) is 11.8 Å². The fourth-order valence-corrected chi connectivity index (χ4v) is 3.88. The Morgan fingerprint density at radius 3 is 2.71 bits per heavy atom. The minimum Gasteiger partial charge on any atom is -0.394 e. The summed E-state index contributed by atoms with van der Waals surface area (Å²) in [4.78, 5) is 17.9. The van der Waals surface area contributed by atoms with Crippen molar-refractivity contribution in [1.29, 1.82) is 0 Å². The minimum atomic E-state index is -0.670. The van der Waals surface area contributed by atoms with Crippen LogP contribution in [0.25, 0.3) is 16.8 Å².